The lowest BCUT2D eigenvalue weighted by atomic mass is 9.91. The van der Waals surface area contributed by atoms with Gasteiger partial charge in [0.05, 0.1) is 5.60 Å². The maximum atomic E-state index is 10.1. The number of hydrogen-bond donors (Lipinski definition) is 2. The van der Waals surface area contributed by atoms with Crippen molar-refractivity contribution in [1.29, 1.82) is 0 Å². The van der Waals surface area contributed by atoms with Crippen molar-refractivity contribution >= 4 is 0 Å². The molecule has 1 saturated carbocycles. The highest BCUT2D eigenvalue weighted by molar-refractivity contribution is 5.10. The van der Waals surface area contributed by atoms with Crippen LogP contribution in [0.3, 0.4) is 0 Å². The van der Waals surface area contributed by atoms with Crippen molar-refractivity contribution in [1.82, 2.24) is 5.32 Å². The minimum absolute atomic E-state index is 0.305. The van der Waals surface area contributed by atoms with Gasteiger partial charge in [-0.25, -0.2) is 0 Å². The van der Waals surface area contributed by atoms with Gasteiger partial charge in [0.25, 0.3) is 0 Å². The summed E-state index contributed by atoms with van der Waals surface area (Å²) in [5.74, 6) is 2.77. The van der Waals surface area contributed by atoms with Crippen molar-refractivity contribution < 1.29 is 5.11 Å². The van der Waals surface area contributed by atoms with Gasteiger partial charge < -0.3 is 10.4 Å². The summed E-state index contributed by atoms with van der Waals surface area (Å²) in [5, 5.41) is 13.6. The molecule has 4 unspecified atom stereocenters. The first-order valence-electron chi connectivity index (χ1n) is 6.60. The molecule has 0 amide bonds. The van der Waals surface area contributed by atoms with Crippen LogP contribution in [0.1, 0.15) is 33.6 Å². The summed E-state index contributed by atoms with van der Waals surface area (Å²) in [6.45, 7) is 7.84. The van der Waals surface area contributed by atoms with Gasteiger partial charge in [0.15, 0.2) is 0 Å². The van der Waals surface area contributed by atoms with Crippen molar-refractivity contribution in [2.24, 2.45) is 23.7 Å². The SMILES string of the molecule is CC(C)C(C)(O)CNCC1CC2C=CC1C2. The van der Waals surface area contributed by atoms with Gasteiger partial charge in [0, 0.05) is 6.54 Å². The molecule has 2 nitrogen and oxygen atoms in total. The second-order valence-corrected chi connectivity index (χ2v) is 6.18. The highest BCUT2D eigenvalue weighted by atomic mass is 16.3. The third-order valence-corrected chi connectivity index (χ3v) is 4.55. The summed E-state index contributed by atoms with van der Waals surface area (Å²) in [6, 6.07) is 0. The minimum atomic E-state index is -0.576. The summed E-state index contributed by atoms with van der Waals surface area (Å²) in [5.41, 5.74) is -0.576. The monoisotopic (exact) mass is 223 g/mol. The van der Waals surface area contributed by atoms with E-state index in [4.69, 9.17) is 0 Å². The van der Waals surface area contributed by atoms with Gasteiger partial charge in [-0.15, -0.1) is 0 Å². The highest BCUT2D eigenvalue weighted by Crippen LogP contribution is 2.42. The van der Waals surface area contributed by atoms with E-state index in [9.17, 15) is 5.11 Å². The number of fused-ring (bicyclic) bond motifs is 2. The number of rotatable bonds is 5. The van der Waals surface area contributed by atoms with E-state index in [1.807, 2.05) is 6.92 Å². The van der Waals surface area contributed by atoms with Gasteiger partial charge in [-0.05, 0) is 50.0 Å². The van der Waals surface area contributed by atoms with E-state index in [1.165, 1.54) is 12.8 Å². The van der Waals surface area contributed by atoms with E-state index < -0.39 is 5.60 Å². The summed E-state index contributed by atoms with van der Waals surface area (Å²) in [6.07, 6.45) is 7.48. The maximum absolute atomic E-state index is 10.1. The Labute approximate surface area is 99.1 Å². The van der Waals surface area contributed by atoms with Gasteiger partial charge in [-0.1, -0.05) is 26.0 Å². The first-order chi connectivity index (χ1) is 7.49. The largest absolute Gasteiger partial charge is 0.389 e. The van der Waals surface area contributed by atoms with Crippen LogP contribution in [0.5, 0.6) is 0 Å². The highest BCUT2D eigenvalue weighted by Gasteiger charge is 2.35. The van der Waals surface area contributed by atoms with Crippen LogP contribution in [0.15, 0.2) is 12.2 Å². The molecule has 0 aromatic rings. The van der Waals surface area contributed by atoms with Crippen LogP contribution >= 0.6 is 0 Å². The Bertz CT molecular complexity index is 270. The second-order valence-electron chi connectivity index (χ2n) is 6.18. The Balaban J connectivity index is 1.71. The van der Waals surface area contributed by atoms with Crippen LogP contribution in [-0.4, -0.2) is 23.8 Å². The summed E-state index contributed by atoms with van der Waals surface area (Å²) < 4.78 is 0. The van der Waals surface area contributed by atoms with E-state index in [1.54, 1.807) is 0 Å². The first kappa shape index (κ1) is 12.1. The van der Waals surface area contributed by atoms with Gasteiger partial charge in [-0.3, -0.25) is 0 Å². The predicted molar refractivity (Wildman–Crippen MR) is 67.2 cm³/mol. The molecule has 0 spiro atoms. The van der Waals surface area contributed by atoms with Crippen molar-refractivity contribution in [3.05, 3.63) is 12.2 Å². The normalized spacial score (nSPS) is 35.9. The molecule has 2 aliphatic carbocycles. The summed E-state index contributed by atoms with van der Waals surface area (Å²) >= 11 is 0. The third-order valence-electron chi connectivity index (χ3n) is 4.55. The molecule has 0 saturated heterocycles. The summed E-state index contributed by atoms with van der Waals surface area (Å²) in [7, 11) is 0. The second kappa shape index (κ2) is 4.50. The molecule has 0 radical (unpaired) electrons. The van der Waals surface area contributed by atoms with E-state index in [0.29, 0.717) is 12.5 Å². The maximum Gasteiger partial charge on any atom is 0.0766 e. The zero-order valence-corrected chi connectivity index (χ0v) is 10.7. The molecule has 2 rings (SSSR count). The van der Waals surface area contributed by atoms with E-state index in [2.05, 4.69) is 31.3 Å². The van der Waals surface area contributed by atoms with Crippen LogP contribution in [0, 0.1) is 23.7 Å². The smallest absolute Gasteiger partial charge is 0.0766 e. The molecule has 2 bridgehead atoms. The molecule has 0 aliphatic heterocycles. The van der Waals surface area contributed by atoms with Crippen LogP contribution < -0.4 is 5.32 Å². The van der Waals surface area contributed by atoms with Gasteiger partial charge in [-0.2, -0.15) is 0 Å². The standard InChI is InChI=1S/C14H25NO/c1-10(2)14(3,16)9-15-8-13-7-11-4-5-12(13)6-11/h4-5,10-13,15-16H,6-9H2,1-3H3. The molecule has 0 aromatic heterocycles. The number of aliphatic hydroxyl groups is 1. The predicted octanol–water partition coefficient (Wildman–Crippen LogP) is 2.20. The average Bonchev–Trinajstić information content (AvgIpc) is 2.78. The van der Waals surface area contributed by atoms with Crippen molar-refractivity contribution in [2.75, 3.05) is 13.1 Å². The number of allylic oxidation sites excluding steroid dienone is 2. The Morgan fingerprint density at radius 2 is 2.12 bits per heavy atom. The Hall–Kier alpha value is -0.340. The quantitative estimate of drug-likeness (QED) is 0.700. The minimum Gasteiger partial charge on any atom is -0.389 e. The lowest BCUT2D eigenvalue weighted by Gasteiger charge is -2.29. The number of hydrogen-bond acceptors (Lipinski definition) is 2. The van der Waals surface area contributed by atoms with Crippen LogP contribution in [-0.2, 0) is 0 Å². The van der Waals surface area contributed by atoms with E-state index >= 15 is 0 Å². The molecule has 2 aliphatic rings. The van der Waals surface area contributed by atoms with Gasteiger partial charge in [0.2, 0.25) is 0 Å². The molecule has 2 N–H and O–H groups in total. The van der Waals surface area contributed by atoms with Crippen LogP contribution in [0.2, 0.25) is 0 Å². The van der Waals surface area contributed by atoms with Crippen LogP contribution in [0.25, 0.3) is 0 Å². The van der Waals surface area contributed by atoms with E-state index in [-0.39, 0.29) is 0 Å². The zero-order valence-electron chi connectivity index (χ0n) is 10.7. The zero-order chi connectivity index (χ0) is 11.8. The molecule has 92 valence electrons. The lowest BCUT2D eigenvalue weighted by Crippen LogP contribution is -2.43. The molecule has 1 fully saturated rings. The molecule has 0 heterocycles. The fourth-order valence-corrected chi connectivity index (χ4v) is 2.84. The molecule has 2 heteroatoms. The fourth-order valence-electron chi connectivity index (χ4n) is 2.84. The Kier molecular flexibility index (Phi) is 3.41. The Morgan fingerprint density at radius 1 is 1.38 bits per heavy atom. The van der Waals surface area contributed by atoms with Gasteiger partial charge >= 0.3 is 0 Å². The first-order valence-corrected chi connectivity index (χ1v) is 6.60. The lowest BCUT2D eigenvalue weighted by molar-refractivity contribution is 0.0134. The molecule has 4 atom stereocenters. The third kappa shape index (κ3) is 2.49. The van der Waals surface area contributed by atoms with Crippen molar-refractivity contribution in [2.45, 2.75) is 39.2 Å². The molecule has 16 heavy (non-hydrogen) atoms. The van der Waals surface area contributed by atoms with E-state index in [0.717, 1.165) is 24.3 Å². The topological polar surface area (TPSA) is 32.3 Å². The summed E-state index contributed by atoms with van der Waals surface area (Å²) in [4.78, 5) is 0. The molecular weight excluding hydrogens is 198 g/mol. The fraction of sp³-hybridized carbons (Fsp3) is 0.857. The number of nitrogens with one attached hydrogen (secondary N) is 1. The molecular formula is C14H25NO. The van der Waals surface area contributed by atoms with Crippen molar-refractivity contribution in [3.63, 3.8) is 0 Å². The van der Waals surface area contributed by atoms with Gasteiger partial charge in [0.1, 0.15) is 0 Å². The van der Waals surface area contributed by atoms with Crippen molar-refractivity contribution in [3.8, 4) is 0 Å². The molecule has 0 aromatic carbocycles. The Morgan fingerprint density at radius 3 is 2.62 bits per heavy atom. The van der Waals surface area contributed by atoms with Crippen LogP contribution in [0.4, 0.5) is 0 Å². The average molecular weight is 223 g/mol.